The van der Waals surface area contributed by atoms with Crippen molar-refractivity contribution in [1.82, 2.24) is 5.32 Å². The van der Waals surface area contributed by atoms with Crippen LogP contribution in [0.15, 0.2) is 18.2 Å². The van der Waals surface area contributed by atoms with Gasteiger partial charge in [0, 0.05) is 12.6 Å². The van der Waals surface area contributed by atoms with Gasteiger partial charge in [-0.3, -0.25) is 0 Å². The molecule has 2 atom stereocenters. The first-order chi connectivity index (χ1) is 9.33. The second kappa shape index (κ2) is 6.09. The van der Waals surface area contributed by atoms with Crippen LogP contribution >= 0.6 is 0 Å². The number of fused-ring (bicyclic) bond motifs is 1. The van der Waals surface area contributed by atoms with Crippen LogP contribution in [0.25, 0.3) is 0 Å². The predicted molar refractivity (Wildman–Crippen MR) is 81.3 cm³/mol. The first-order valence-electron chi connectivity index (χ1n) is 8.17. The molecular formula is C18H27N. The minimum absolute atomic E-state index is 0.732. The van der Waals surface area contributed by atoms with Gasteiger partial charge in [0.1, 0.15) is 0 Å². The summed E-state index contributed by atoms with van der Waals surface area (Å²) in [6.45, 7) is 3.48. The smallest absolute Gasteiger partial charge is 0.0208 e. The van der Waals surface area contributed by atoms with Crippen molar-refractivity contribution in [1.29, 1.82) is 0 Å². The molecule has 0 saturated heterocycles. The van der Waals surface area contributed by atoms with Crippen molar-refractivity contribution in [2.75, 3.05) is 0 Å². The molecule has 0 heterocycles. The number of hydrogen-bond donors (Lipinski definition) is 1. The molecule has 1 N–H and O–H groups in total. The monoisotopic (exact) mass is 257 g/mol. The van der Waals surface area contributed by atoms with Crippen LogP contribution in [0.4, 0.5) is 0 Å². The van der Waals surface area contributed by atoms with E-state index in [0.717, 1.165) is 18.5 Å². The van der Waals surface area contributed by atoms with Gasteiger partial charge >= 0.3 is 0 Å². The lowest BCUT2D eigenvalue weighted by Crippen LogP contribution is -2.33. The maximum absolute atomic E-state index is 3.82. The topological polar surface area (TPSA) is 12.0 Å². The standard InChI is InChI=1S/C18H27N/c1-14-6-3-2-4-9-18(14)19-13-15-10-11-16-7-5-8-17(16)12-15/h10-12,14,18-19H,2-9,13H2,1H3. The van der Waals surface area contributed by atoms with Crippen LogP contribution < -0.4 is 5.32 Å². The summed E-state index contributed by atoms with van der Waals surface area (Å²) in [5.41, 5.74) is 4.68. The van der Waals surface area contributed by atoms with Crippen molar-refractivity contribution in [3.8, 4) is 0 Å². The first kappa shape index (κ1) is 13.2. The van der Waals surface area contributed by atoms with Gasteiger partial charge in [-0.15, -0.1) is 0 Å². The maximum Gasteiger partial charge on any atom is 0.0208 e. The van der Waals surface area contributed by atoms with Crippen LogP contribution in [0.5, 0.6) is 0 Å². The molecule has 0 aliphatic heterocycles. The Morgan fingerprint density at radius 3 is 2.79 bits per heavy atom. The highest BCUT2D eigenvalue weighted by Gasteiger charge is 2.19. The van der Waals surface area contributed by atoms with Crippen LogP contribution in [-0.4, -0.2) is 6.04 Å². The first-order valence-corrected chi connectivity index (χ1v) is 8.17. The third kappa shape index (κ3) is 3.20. The zero-order valence-electron chi connectivity index (χ0n) is 12.3. The fourth-order valence-corrected chi connectivity index (χ4v) is 3.78. The fraction of sp³-hybridized carbons (Fsp3) is 0.667. The van der Waals surface area contributed by atoms with E-state index in [-0.39, 0.29) is 0 Å². The van der Waals surface area contributed by atoms with E-state index in [1.54, 1.807) is 11.1 Å². The Bertz CT molecular complexity index is 424. The number of aryl methyl sites for hydroxylation is 2. The zero-order valence-corrected chi connectivity index (χ0v) is 12.3. The molecular weight excluding hydrogens is 230 g/mol. The van der Waals surface area contributed by atoms with Crippen LogP contribution in [-0.2, 0) is 19.4 Å². The number of hydrogen-bond acceptors (Lipinski definition) is 1. The van der Waals surface area contributed by atoms with E-state index in [0.29, 0.717) is 0 Å². The largest absolute Gasteiger partial charge is 0.310 e. The molecule has 0 aromatic heterocycles. The van der Waals surface area contributed by atoms with Gasteiger partial charge in [-0.1, -0.05) is 44.4 Å². The maximum atomic E-state index is 3.82. The highest BCUT2D eigenvalue weighted by atomic mass is 14.9. The van der Waals surface area contributed by atoms with Crippen molar-refractivity contribution >= 4 is 0 Å². The molecule has 1 saturated carbocycles. The molecule has 2 aliphatic carbocycles. The molecule has 0 bridgehead atoms. The van der Waals surface area contributed by atoms with Gasteiger partial charge in [0.2, 0.25) is 0 Å². The Labute approximate surface area is 117 Å². The molecule has 19 heavy (non-hydrogen) atoms. The van der Waals surface area contributed by atoms with Crippen molar-refractivity contribution in [2.24, 2.45) is 5.92 Å². The van der Waals surface area contributed by atoms with Gasteiger partial charge in [-0.05, 0) is 54.7 Å². The molecule has 0 spiro atoms. The Hall–Kier alpha value is -0.820. The third-order valence-corrected chi connectivity index (χ3v) is 5.09. The summed E-state index contributed by atoms with van der Waals surface area (Å²) >= 11 is 0. The average molecular weight is 257 g/mol. The molecule has 1 aromatic rings. The fourth-order valence-electron chi connectivity index (χ4n) is 3.78. The predicted octanol–water partition coefficient (Wildman–Crippen LogP) is 4.23. The normalized spacial score (nSPS) is 27.0. The Kier molecular flexibility index (Phi) is 4.22. The zero-order chi connectivity index (χ0) is 13.1. The number of nitrogens with one attached hydrogen (secondary N) is 1. The van der Waals surface area contributed by atoms with Crippen molar-refractivity contribution < 1.29 is 0 Å². The van der Waals surface area contributed by atoms with Gasteiger partial charge < -0.3 is 5.32 Å². The second-order valence-corrected chi connectivity index (χ2v) is 6.56. The lowest BCUT2D eigenvalue weighted by Gasteiger charge is -2.23. The summed E-state index contributed by atoms with van der Waals surface area (Å²) in [7, 11) is 0. The third-order valence-electron chi connectivity index (χ3n) is 5.09. The molecule has 0 amide bonds. The van der Waals surface area contributed by atoms with E-state index >= 15 is 0 Å². The van der Waals surface area contributed by atoms with Crippen LogP contribution in [0.2, 0.25) is 0 Å². The van der Waals surface area contributed by atoms with Crippen LogP contribution in [0.3, 0.4) is 0 Å². The quantitative estimate of drug-likeness (QED) is 0.799. The molecule has 2 aliphatic rings. The molecule has 1 fully saturated rings. The lowest BCUT2D eigenvalue weighted by atomic mass is 9.96. The minimum Gasteiger partial charge on any atom is -0.310 e. The van der Waals surface area contributed by atoms with E-state index in [1.165, 1.54) is 56.9 Å². The lowest BCUT2D eigenvalue weighted by molar-refractivity contribution is 0.356. The van der Waals surface area contributed by atoms with Crippen LogP contribution in [0.1, 0.15) is 62.1 Å². The van der Waals surface area contributed by atoms with Crippen molar-refractivity contribution in [3.05, 3.63) is 34.9 Å². The van der Waals surface area contributed by atoms with E-state index in [2.05, 4.69) is 30.4 Å². The Morgan fingerprint density at radius 2 is 1.84 bits per heavy atom. The molecule has 2 unspecified atom stereocenters. The highest BCUT2D eigenvalue weighted by Crippen LogP contribution is 2.25. The molecule has 3 rings (SSSR count). The van der Waals surface area contributed by atoms with Crippen molar-refractivity contribution in [2.45, 2.75) is 70.9 Å². The van der Waals surface area contributed by atoms with E-state index in [4.69, 9.17) is 0 Å². The molecule has 1 nitrogen and oxygen atoms in total. The minimum atomic E-state index is 0.732. The van der Waals surface area contributed by atoms with Gasteiger partial charge in [-0.25, -0.2) is 0 Å². The molecule has 0 radical (unpaired) electrons. The van der Waals surface area contributed by atoms with Gasteiger partial charge in [0.25, 0.3) is 0 Å². The van der Waals surface area contributed by atoms with Gasteiger partial charge in [-0.2, -0.15) is 0 Å². The van der Waals surface area contributed by atoms with E-state index < -0.39 is 0 Å². The van der Waals surface area contributed by atoms with Crippen molar-refractivity contribution in [3.63, 3.8) is 0 Å². The molecule has 104 valence electrons. The van der Waals surface area contributed by atoms with Gasteiger partial charge in [0.15, 0.2) is 0 Å². The van der Waals surface area contributed by atoms with E-state index in [9.17, 15) is 0 Å². The Morgan fingerprint density at radius 1 is 1.00 bits per heavy atom. The summed E-state index contributed by atoms with van der Waals surface area (Å²) in [5, 5.41) is 3.82. The summed E-state index contributed by atoms with van der Waals surface area (Å²) in [4.78, 5) is 0. The summed E-state index contributed by atoms with van der Waals surface area (Å²) in [6, 6.07) is 7.86. The highest BCUT2D eigenvalue weighted by molar-refractivity contribution is 5.35. The van der Waals surface area contributed by atoms with E-state index in [1.807, 2.05) is 0 Å². The SMILES string of the molecule is CC1CCCCCC1NCc1ccc2c(c1)CCC2. The molecule has 1 heteroatoms. The summed E-state index contributed by atoms with van der Waals surface area (Å²) in [5.74, 6) is 0.844. The Balaban J connectivity index is 1.59. The summed E-state index contributed by atoms with van der Waals surface area (Å²) < 4.78 is 0. The summed E-state index contributed by atoms with van der Waals surface area (Å²) in [6.07, 6.45) is 11.0. The van der Waals surface area contributed by atoms with Crippen LogP contribution in [0, 0.1) is 5.92 Å². The second-order valence-electron chi connectivity index (χ2n) is 6.56. The number of rotatable bonds is 3. The number of benzene rings is 1. The van der Waals surface area contributed by atoms with Gasteiger partial charge in [0.05, 0.1) is 0 Å². The molecule has 1 aromatic carbocycles. The average Bonchev–Trinajstić information content (AvgIpc) is 2.79.